The molecule has 5 fully saturated rings. The maximum atomic E-state index is 13.1. The van der Waals surface area contributed by atoms with E-state index in [0.717, 1.165) is 32.1 Å². The lowest BCUT2D eigenvalue weighted by atomic mass is 9.34. The number of hydrogen-bond acceptors (Lipinski definition) is 5. The Morgan fingerprint density at radius 2 is 1.77 bits per heavy atom. The SMILES string of the molecule is CC(=O)[C@@H]1[C@@H](O)C[C@H]2[C@]3(C)CC[C@H]4C(C)(C)CCC[C@]4(CO)[C@H]3C[C@H]3OC(=O)[C@@H]1[C@@]32C. The summed E-state index contributed by atoms with van der Waals surface area (Å²) in [5.74, 6) is -0.765. The first kappa shape index (κ1) is 21.9. The average Bonchev–Trinajstić information content (AvgIpc) is 2.93. The number of ether oxygens (including phenoxy) is 1. The van der Waals surface area contributed by atoms with Gasteiger partial charge in [-0.1, -0.05) is 34.1 Å². The standard InChI is InChI=1S/C26H40O5/c1-14(28)20-15(29)11-17-24(4)10-7-16-23(2,3)8-6-9-26(16,13-27)18(24)12-19-25(17,5)21(20)22(30)31-19/h15-21,27,29H,6-13H2,1-5H3/t15-,16-,17-,18-,19+,20+,21+,24-,25+,26+/m0/s1. The highest BCUT2D eigenvalue weighted by molar-refractivity contribution is 5.88. The zero-order chi connectivity index (χ0) is 22.6. The van der Waals surface area contributed by atoms with E-state index in [9.17, 15) is 19.8 Å². The molecule has 0 unspecified atom stereocenters. The van der Waals surface area contributed by atoms with Crippen molar-refractivity contribution in [3.8, 4) is 0 Å². The predicted molar refractivity (Wildman–Crippen MR) is 116 cm³/mol. The van der Waals surface area contributed by atoms with E-state index in [1.54, 1.807) is 0 Å². The minimum atomic E-state index is -0.798. The van der Waals surface area contributed by atoms with Crippen molar-refractivity contribution in [2.24, 2.45) is 51.2 Å². The van der Waals surface area contributed by atoms with Crippen molar-refractivity contribution in [2.75, 3.05) is 6.61 Å². The van der Waals surface area contributed by atoms with E-state index >= 15 is 0 Å². The second-order valence-electron chi connectivity index (χ2n) is 12.9. The number of carbonyl (C=O) groups excluding carboxylic acids is 2. The quantitative estimate of drug-likeness (QED) is 0.650. The number of hydrogen-bond donors (Lipinski definition) is 2. The molecule has 10 atom stereocenters. The molecule has 5 heteroatoms. The molecule has 0 aromatic carbocycles. The van der Waals surface area contributed by atoms with Gasteiger partial charge in [0.05, 0.1) is 17.9 Å². The van der Waals surface area contributed by atoms with Crippen LogP contribution in [0.25, 0.3) is 0 Å². The summed E-state index contributed by atoms with van der Waals surface area (Å²) >= 11 is 0. The zero-order valence-corrected chi connectivity index (χ0v) is 19.8. The van der Waals surface area contributed by atoms with Crippen molar-refractivity contribution in [3.63, 3.8) is 0 Å². The van der Waals surface area contributed by atoms with Gasteiger partial charge in [0.15, 0.2) is 0 Å². The fourth-order valence-corrected chi connectivity index (χ4v) is 10.2. The van der Waals surface area contributed by atoms with E-state index in [1.165, 1.54) is 13.3 Å². The number of Topliss-reactive ketones (excluding diaryl/α,β-unsaturated/α-hetero) is 1. The molecule has 0 aromatic heterocycles. The molecule has 2 N–H and O–H groups in total. The van der Waals surface area contributed by atoms with Crippen LogP contribution in [0, 0.1) is 51.2 Å². The summed E-state index contributed by atoms with van der Waals surface area (Å²) in [5.41, 5.74) is -0.453. The third-order valence-corrected chi connectivity index (χ3v) is 11.4. The van der Waals surface area contributed by atoms with Crippen LogP contribution in [0.5, 0.6) is 0 Å². The van der Waals surface area contributed by atoms with Crippen molar-refractivity contribution in [3.05, 3.63) is 0 Å². The fourth-order valence-electron chi connectivity index (χ4n) is 10.2. The molecule has 31 heavy (non-hydrogen) atoms. The van der Waals surface area contributed by atoms with Crippen LogP contribution in [-0.2, 0) is 14.3 Å². The van der Waals surface area contributed by atoms with Crippen LogP contribution in [0.1, 0.15) is 79.6 Å². The third kappa shape index (κ3) is 2.51. The van der Waals surface area contributed by atoms with E-state index in [0.29, 0.717) is 12.3 Å². The summed E-state index contributed by atoms with van der Waals surface area (Å²) in [6.07, 6.45) is 5.80. The molecule has 1 aliphatic heterocycles. The fraction of sp³-hybridized carbons (Fsp3) is 0.923. The summed E-state index contributed by atoms with van der Waals surface area (Å²) in [7, 11) is 0. The first-order valence-electron chi connectivity index (χ1n) is 12.4. The van der Waals surface area contributed by atoms with Crippen molar-refractivity contribution in [1.29, 1.82) is 0 Å². The predicted octanol–water partition coefficient (Wildman–Crippen LogP) is 3.75. The molecule has 174 valence electrons. The molecule has 0 aromatic rings. The number of rotatable bonds is 2. The van der Waals surface area contributed by atoms with Gasteiger partial charge in [-0.2, -0.15) is 0 Å². The highest BCUT2D eigenvalue weighted by Gasteiger charge is 2.75. The minimum Gasteiger partial charge on any atom is -0.461 e. The summed E-state index contributed by atoms with van der Waals surface area (Å²) < 4.78 is 6.04. The molecule has 0 spiro atoms. The average molecular weight is 433 g/mol. The molecule has 0 bridgehead atoms. The highest BCUT2D eigenvalue weighted by atomic mass is 16.6. The first-order chi connectivity index (χ1) is 14.4. The van der Waals surface area contributed by atoms with Gasteiger partial charge in [-0.25, -0.2) is 0 Å². The Balaban J connectivity index is 1.63. The smallest absolute Gasteiger partial charge is 0.310 e. The Hall–Kier alpha value is -0.940. The van der Waals surface area contributed by atoms with E-state index < -0.39 is 23.4 Å². The van der Waals surface area contributed by atoms with Crippen molar-refractivity contribution in [1.82, 2.24) is 0 Å². The monoisotopic (exact) mass is 432 g/mol. The van der Waals surface area contributed by atoms with Gasteiger partial charge in [0.25, 0.3) is 0 Å². The lowest BCUT2D eigenvalue weighted by Crippen LogP contribution is -2.68. The molecular weight excluding hydrogens is 392 g/mol. The van der Waals surface area contributed by atoms with Gasteiger partial charge in [0.1, 0.15) is 11.9 Å². The summed E-state index contributed by atoms with van der Waals surface area (Å²) in [5, 5.41) is 22.0. The van der Waals surface area contributed by atoms with E-state index in [4.69, 9.17) is 4.74 Å². The Bertz CT molecular complexity index is 806. The molecule has 1 heterocycles. The van der Waals surface area contributed by atoms with E-state index in [-0.39, 0.29) is 52.5 Å². The maximum absolute atomic E-state index is 13.1. The maximum Gasteiger partial charge on any atom is 0.310 e. The van der Waals surface area contributed by atoms with E-state index in [1.807, 2.05) is 0 Å². The molecule has 5 rings (SSSR count). The lowest BCUT2D eigenvalue weighted by Gasteiger charge is -2.70. The number of aliphatic hydroxyl groups excluding tert-OH is 2. The normalized spacial score (nSPS) is 54.9. The Kier molecular flexibility index (Phi) is 4.63. The van der Waals surface area contributed by atoms with Gasteiger partial charge in [0, 0.05) is 17.4 Å². The molecule has 4 saturated carbocycles. The number of carbonyl (C=O) groups is 2. The van der Waals surface area contributed by atoms with Crippen molar-refractivity contribution < 1.29 is 24.5 Å². The molecule has 0 radical (unpaired) electrons. The Labute approximate surface area is 186 Å². The highest BCUT2D eigenvalue weighted by Crippen LogP contribution is 2.75. The topological polar surface area (TPSA) is 83.8 Å². The molecule has 4 aliphatic carbocycles. The molecule has 5 nitrogen and oxygen atoms in total. The largest absolute Gasteiger partial charge is 0.461 e. The molecule has 1 saturated heterocycles. The van der Waals surface area contributed by atoms with E-state index in [2.05, 4.69) is 27.7 Å². The van der Waals surface area contributed by atoms with Gasteiger partial charge < -0.3 is 14.9 Å². The number of aliphatic hydroxyl groups is 2. The van der Waals surface area contributed by atoms with Crippen LogP contribution in [-0.4, -0.2) is 40.8 Å². The second-order valence-corrected chi connectivity index (χ2v) is 12.9. The van der Waals surface area contributed by atoms with Crippen LogP contribution in [0.3, 0.4) is 0 Å². The van der Waals surface area contributed by atoms with Crippen LogP contribution >= 0.6 is 0 Å². The summed E-state index contributed by atoms with van der Waals surface area (Å²) in [6.45, 7) is 10.9. The number of ketones is 1. The third-order valence-electron chi connectivity index (χ3n) is 11.4. The first-order valence-corrected chi connectivity index (χ1v) is 12.4. The summed E-state index contributed by atoms with van der Waals surface area (Å²) in [4.78, 5) is 25.6. The molecular formula is C26H40O5. The van der Waals surface area contributed by atoms with Crippen LogP contribution in [0.15, 0.2) is 0 Å². The van der Waals surface area contributed by atoms with Crippen LogP contribution < -0.4 is 0 Å². The van der Waals surface area contributed by atoms with Gasteiger partial charge >= 0.3 is 5.97 Å². The summed E-state index contributed by atoms with van der Waals surface area (Å²) in [6, 6.07) is 0. The second kappa shape index (κ2) is 6.56. The van der Waals surface area contributed by atoms with Gasteiger partial charge in [-0.15, -0.1) is 0 Å². The molecule has 0 amide bonds. The van der Waals surface area contributed by atoms with Crippen molar-refractivity contribution in [2.45, 2.75) is 91.8 Å². The Morgan fingerprint density at radius 3 is 2.42 bits per heavy atom. The van der Waals surface area contributed by atoms with Crippen molar-refractivity contribution >= 4 is 11.8 Å². The number of esters is 1. The molecule has 5 aliphatic rings. The Morgan fingerprint density at radius 1 is 1.06 bits per heavy atom. The number of fused-ring (bicyclic) bond motifs is 4. The lowest BCUT2D eigenvalue weighted by molar-refractivity contribution is -0.247. The zero-order valence-electron chi connectivity index (χ0n) is 19.8. The van der Waals surface area contributed by atoms with Crippen LogP contribution in [0.4, 0.5) is 0 Å². The van der Waals surface area contributed by atoms with Gasteiger partial charge in [-0.05, 0) is 74.0 Å². The van der Waals surface area contributed by atoms with Gasteiger partial charge in [-0.3, -0.25) is 9.59 Å². The minimum absolute atomic E-state index is 0.0765. The van der Waals surface area contributed by atoms with Crippen LogP contribution in [0.2, 0.25) is 0 Å². The van der Waals surface area contributed by atoms with Gasteiger partial charge in [0.2, 0.25) is 0 Å².